The number of hydrogen-bond donors (Lipinski definition) is 2. The highest BCUT2D eigenvalue weighted by Gasteiger charge is 2.22. The summed E-state index contributed by atoms with van der Waals surface area (Å²) in [6, 6.07) is 0. The SMILES string of the molecule is C=C(C)C(O)CCCCCC(O)(Br)OCCCC. The van der Waals surface area contributed by atoms with Gasteiger partial charge in [-0.25, -0.2) is 0 Å². The summed E-state index contributed by atoms with van der Waals surface area (Å²) in [5.41, 5.74) is 0.815. The third-order valence-electron chi connectivity index (χ3n) is 2.85. The van der Waals surface area contributed by atoms with Gasteiger partial charge in [-0.05, 0) is 42.1 Å². The number of unbranched alkanes of at least 4 members (excludes halogenated alkanes) is 3. The first kappa shape index (κ1) is 18.1. The summed E-state index contributed by atoms with van der Waals surface area (Å²) < 4.78 is 4.16. The van der Waals surface area contributed by atoms with Crippen LogP contribution in [0.5, 0.6) is 0 Å². The minimum atomic E-state index is -1.19. The Hall–Kier alpha value is 0.100. The summed E-state index contributed by atoms with van der Waals surface area (Å²) in [5.74, 6) is 0. The summed E-state index contributed by atoms with van der Waals surface area (Å²) in [5, 5.41) is 19.4. The van der Waals surface area contributed by atoms with Crippen LogP contribution in [0.1, 0.15) is 58.8 Å². The normalized spacial score (nSPS) is 16.3. The van der Waals surface area contributed by atoms with Crippen LogP contribution in [0.3, 0.4) is 0 Å². The third kappa shape index (κ3) is 10.1. The average molecular weight is 323 g/mol. The molecule has 0 fully saturated rings. The van der Waals surface area contributed by atoms with Gasteiger partial charge in [0.1, 0.15) is 0 Å². The van der Waals surface area contributed by atoms with Gasteiger partial charge in [-0.15, -0.1) is 0 Å². The lowest BCUT2D eigenvalue weighted by Crippen LogP contribution is -2.24. The largest absolute Gasteiger partial charge is 0.389 e. The molecule has 0 aliphatic heterocycles. The van der Waals surface area contributed by atoms with Gasteiger partial charge in [0, 0.05) is 6.42 Å². The minimum Gasteiger partial charge on any atom is -0.389 e. The quantitative estimate of drug-likeness (QED) is 0.264. The maximum atomic E-state index is 9.87. The van der Waals surface area contributed by atoms with Gasteiger partial charge in [0.25, 0.3) is 0 Å². The first-order valence-corrected chi connectivity index (χ1v) is 7.57. The molecule has 4 heteroatoms. The Labute approximate surface area is 119 Å². The smallest absolute Gasteiger partial charge is 0.223 e. The minimum absolute atomic E-state index is 0.395. The number of halogens is 1. The molecule has 0 aromatic rings. The van der Waals surface area contributed by atoms with Crippen LogP contribution in [-0.4, -0.2) is 27.6 Å². The van der Waals surface area contributed by atoms with Crippen molar-refractivity contribution in [1.82, 2.24) is 0 Å². The zero-order valence-corrected chi connectivity index (χ0v) is 13.2. The molecule has 0 spiro atoms. The van der Waals surface area contributed by atoms with Gasteiger partial charge >= 0.3 is 0 Å². The van der Waals surface area contributed by atoms with Crippen molar-refractivity contribution in [3.63, 3.8) is 0 Å². The standard InChI is InChI=1S/C14H27BrO3/c1-4-5-11-18-14(15,17)10-8-6-7-9-13(16)12(2)3/h13,16-17H,2,4-11H2,1,3H3. The van der Waals surface area contributed by atoms with Gasteiger partial charge in [0.15, 0.2) is 0 Å². The molecule has 0 radical (unpaired) electrons. The van der Waals surface area contributed by atoms with Crippen LogP contribution in [0.4, 0.5) is 0 Å². The molecule has 2 atom stereocenters. The van der Waals surface area contributed by atoms with Crippen LogP contribution in [0.15, 0.2) is 12.2 Å². The summed E-state index contributed by atoms with van der Waals surface area (Å²) in [6.45, 7) is 8.22. The summed E-state index contributed by atoms with van der Waals surface area (Å²) >= 11 is 3.19. The van der Waals surface area contributed by atoms with E-state index in [1.807, 2.05) is 6.92 Å². The van der Waals surface area contributed by atoms with Crippen LogP contribution in [0, 0.1) is 0 Å². The summed E-state index contributed by atoms with van der Waals surface area (Å²) in [4.78, 5) is 0. The van der Waals surface area contributed by atoms with E-state index in [0.29, 0.717) is 13.0 Å². The van der Waals surface area contributed by atoms with E-state index in [1.165, 1.54) is 0 Å². The lowest BCUT2D eigenvalue weighted by Gasteiger charge is -2.21. The zero-order valence-electron chi connectivity index (χ0n) is 11.6. The van der Waals surface area contributed by atoms with Crippen molar-refractivity contribution in [2.75, 3.05) is 6.61 Å². The number of alkyl halides is 1. The Morgan fingerprint density at radius 2 is 2.00 bits per heavy atom. The molecule has 0 bridgehead atoms. The van der Waals surface area contributed by atoms with E-state index in [4.69, 9.17) is 4.74 Å². The Kier molecular flexibility index (Phi) is 10.0. The fourth-order valence-corrected chi connectivity index (χ4v) is 1.99. The maximum absolute atomic E-state index is 9.87. The Balaban J connectivity index is 3.55. The van der Waals surface area contributed by atoms with Crippen LogP contribution in [0.2, 0.25) is 0 Å². The fraction of sp³-hybridized carbons (Fsp3) is 0.857. The van der Waals surface area contributed by atoms with Gasteiger partial charge in [-0.3, -0.25) is 0 Å². The highest BCUT2D eigenvalue weighted by atomic mass is 79.9. The number of rotatable bonds is 11. The predicted octanol–water partition coefficient (Wildman–Crippen LogP) is 3.73. The van der Waals surface area contributed by atoms with E-state index >= 15 is 0 Å². The van der Waals surface area contributed by atoms with Crippen molar-refractivity contribution >= 4 is 15.9 Å². The molecular formula is C14H27BrO3. The molecule has 18 heavy (non-hydrogen) atoms. The second-order valence-electron chi connectivity index (χ2n) is 4.85. The van der Waals surface area contributed by atoms with E-state index < -0.39 is 10.8 Å². The second-order valence-corrected chi connectivity index (χ2v) is 6.09. The summed E-state index contributed by atoms with van der Waals surface area (Å²) in [7, 11) is 0. The molecule has 2 N–H and O–H groups in total. The molecule has 0 heterocycles. The Bertz CT molecular complexity index is 229. The highest BCUT2D eigenvalue weighted by molar-refractivity contribution is 9.09. The summed E-state index contributed by atoms with van der Waals surface area (Å²) in [6.07, 6.45) is 5.71. The number of ether oxygens (including phenoxy) is 1. The number of aliphatic hydroxyl groups excluding tert-OH is 1. The molecule has 0 aliphatic rings. The van der Waals surface area contributed by atoms with Crippen LogP contribution < -0.4 is 0 Å². The van der Waals surface area contributed by atoms with E-state index in [9.17, 15) is 10.2 Å². The Morgan fingerprint density at radius 1 is 1.33 bits per heavy atom. The first-order chi connectivity index (χ1) is 8.39. The molecule has 0 rings (SSSR count). The van der Waals surface area contributed by atoms with E-state index in [-0.39, 0.29) is 0 Å². The molecule has 2 unspecified atom stereocenters. The molecule has 108 valence electrons. The van der Waals surface area contributed by atoms with Crippen LogP contribution in [0.25, 0.3) is 0 Å². The van der Waals surface area contributed by atoms with Gasteiger partial charge < -0.3 is 14.9 Å². The monoisotopic (exact) mass is 322 g/mol. The highest BCUT2D eigenvalue weighted by Crippen LogP contribution is 2.24. The van der Waals surface area contributed by atoms with Crippen molar-refractivity contribution < 1.29 is 14.9 Å². The van der Waals surface area contributed by atoms with Crippen molar-refractivity contribution in [2.45, 2.75) is 69.6 Å². The molecular weight excluding hydrogens is 296 g/mol. The van der Waals surface area contributed by atoms with Crippen molar-refractivity contribution in [2.24, 2.45) is 0 Å². The van der Waals surface area contributed by atoms with Gasteiger partial charge in [-0.1, -0.05) is 38.3 Å². The molecule has 0 saturated carbocycles. The molecule has 0 aromatic carbocycles. The molecule has 0 aliphatic carbocycles. The predicted molar refractivity (Wildman–Crippen MR) is 78.6 cm³/mol. The van der Waals surface area contributed by atoms with E-state index in [0.717, 1.165) is 44.1 Å². The van der Waals surface area contributed by atoms with Gasteiger partial charge in [-0.2, -0.15) is 0 Å². The van der Waals surface area contributed by atoms with Crippen LogP contribution >= 0.6 is 15.9 Å². The second kappa shape index (κ2) is 9.96. The van der Waals surface area contributed by atoms with Crippen molar-refractivity contribution in [1.29, 1.82) is 0 Å². The number of aliphatic hydroxyl groups is 2. The fourth-order valence-electron chi connectivity index (χ4n) is 1.55. The third-order valence-corrected chi connectivity index (χ3v) is 3.48. The zero-order chi connectivity index (χ0) is 14.0. The van der Waals surface area contributed by atoms with Crippen molar-refractivity contribution in [3.8, 4) is 0 Å². The van der Waals surface area contributed by atoms with Crippen LogP contribution in [-0.2, 0) is 4.74 Å². The maximum Gasteiger partial charge on any atom is 0.223 e. The first-order valence-electron chi connectivity index (χ1n) is 6.77. The van der Waals surface area contributed by atoms with Gasteiger partial charge in [0.2, 0.25) is 4.70 Å². The lowest BCUT2D eigenvalue weighted by atomic mass is 10.0. The topological polar surface area (TPSA) is 49.7 Å². The van der Waals surface area contributed by atoms with E-state index in [1.54, 1.807) is 0 Å². The molecule has 3 nitrogen and oxygen atoms in total. The number of hydrogen-bond acceptors (Lipinski definition) is 3. The Morgan fingerprint density at radius 3 is 2.56 bits per heavy atom. The molecule has 0 saturated heterocycles. The van der Waals surface area contributed by atoms with Gasteiger partial charge in [0.05, 0.1) is 12.7 Å². The molecule has 0 amide bonds. The lowest BCUT2D eigenvalue weighted by molar-refractivity contribution is -0.130. The average Bonchev–Trinajstić information content (AvgIpc) is 2.28. The van der Waals surface area contributed by atoms with E-state index in [2.05, 4.69) is 29.4 Å². The van der Waals surface area contributed by atoms with Crippen molar-refractivity contribution in [3.05, 3.63) is 12.2 Å². The molecule has 0 aromatic heterocycles.